The molecule has 2 heterocycles. The summed E-state index contributed by atoms with van der Waals surface area (Å²) in [7, 11) is -3.56. The third-order valence-corrected chi connectivity index (χ3v) is 5.75. The van der Waals surface area contributed by atoms with Gasteiger partial charge in [-0.25, -0.2) is 13.4 Å². The van der Waals surface area contributed by atoms with Crippen molar-refractivity contribution >= 4 is 48.8 Å². The normalized spacial score (nSPS) is 11.1. The Morgan fingerprint density at radius 3 is 2.70 bits per heavy atom. The number of anilines is 2. The topological polar surface area (TPSA) is 71.1 Å². The van der Waals surface area contributed by atoms with Crippen molar-refractivity contribution in [2.24, 2.45) is 0 Å². The number of aromatic nitrogens is 1. The fourth-order valence-corrected chi connectivity index (χ4v) is 4.44. The van der Waals surface area contributed by atoms with Crippen molar-refractivity contribution in [2.45, 2.75) is 4.21 Å². The molecule has 0 aliphatic heterocycles. The van der Waals surface area contributed by atoms with Gasteiger partial charge < -0.3 is 5.32 Å². The molecule has 0 atom stereocenters. The molecule has 106 valence electrons. The largest absolute Gasteiger partial charge is 0.367 e. The number of hydrogen-bond donors (Lipinski definition) is 2. The predicted octanol–water partition coefficient (Wildman–Crippen LogP) is 3.30. The maximum Gasteiger partial charge on any atom is 0.271 e. The summed E-state index contributed by atoms with van der Waals surface area (Å²) >= 11 is 4.39. The molecule has 0 spiro atoms. The van der Waals surface area contributed by atoms with Crippen LogP contribution in [0.1, 0.15) is 0 Å². The molecule has 0 aromatic carbocycles. The van der Waals surface area contributed by atoms with Crippen LogP contribution >= 0.6 is 27.3 Å². The van der Waals surface area contributed by atoms with E-state index in [1.165, 1.54) is 6.20 Å². The van der Waals surface area contributed by atoms with Gasteiger partial charge in [0, 0.05) is 6.54 Å². The Labute approximate surface area is 129 Å². The van der Waals surface area contributed by atoms with Gasteiger partial charge >= 0.3 is 0 Å². The van der Waals surface area contributed by atoms with Gasteiger partial charge in [0.2, 0.25) is 0 Å². The van der Waals surface area contributed by atoms with E-state index in [0.29, 0.717) is 18.1 Å². The number of pyridine rings is 1. The molecular formula is C12H12BrN3O2S2. The van der Waals surface area contributed by atoms with E-state index < -0.39 is 10.0 Å². The molecular weight excluding hydrogens is 362 g/mol. The lowest BCUT2D eigenvalue weighted by Crippen LogP contribution is -2.11. The lowest BCUT2D eigenvalue weighted by atomic mass is 10.4. The van der Waals surface area contributed by atoms with E-state index in [-0.39, 0.29) is 4.21 Å². The number of sulfonamides is 1. The first-order chi connectivity index (χ1) is 9.51. The molecule has 0 unspecified atom stereocenters. The van der Waals surface area contributed by atoms with E-state index in [2.05, 4.69) is 37.5 Å². The van der Waals surface area contributed by atoms with Gasteiger partial charge in [-0.05, 0) is 40.2 Å². The van der Waals surface area contributed by atoms with Gasteiger partial charge in [-0.1, -0.05) is 6.08 Å². The Bertz CT molecular complexity index is 696. The molecule has 0 saturated heterocycles. The summed E-state index contributed by atoms with van der Waals surface area (Å²) in [5.74, 6) is 0.659. The first-order valence-electron chi connectivity index (χ1n) is 5.60. The zero-order valence-corrected chi connectivity index (χ0v) is 13.6. The lowest BCUT2D eigenvalue weighted by Gasteiger charge is -2.07. The van der Waals surface area contributed by atoms with Gasteiger partial charge in [0.15, 0.2) is 0 Å². The molecule has 8 heteroatoms. The van der Waals surface area contributed by atoms with Crippen molar-refractivity contribution in [3.05, 3.63) is 46.9 Å². The summed E-state index contributed by atoms with van der Waals surface area (Å²) in [6.45, 7) is 4.19. The highest BCUT2D eigenvalue weighted by molar-refractivity contribution is 9.11. The molecule has 0 aliphatic rings. The van der Waals surface area contributed by atoms with Crippen LogP contribution in [0.2, 0.25) is 0 Å². The van der Waals surface area contributed by atoms with Crippen LogP contribution in [0.5, 0.6) is 0 Å². The maximum absolute atomic E-state index is 12.1. The van der Waals surface area contributed by atoms with Crippen LogP contribution in [0.15, 0.2) is 51.1 Å². The van der Waals surface area contributed by atoms with Crippen molar-refractivity contribution in [1.29, 1.82) is 0 Å². The SMILES string of the molecule is C=CCNc1ccc(NS(=O)(=O)c2ccc(Br)s2)cn1. The molecule has 2 rings (SSSR count). The van der Waals surface area contributed by atoms with Gasteiger partial charge in [0.1, 0.15) is 10.0 Å². The van der Waals surface area contributed by atoms with Crippen LogP contribution in [-0.4, -0.2) is 19.9 Å². The molecule has 20 heavy (non-hydrogen) atoms. The first-order valence-corrected chi connectivity index (χ1v) is 8.69. The van der Waals surface area contributed by atoms with Crippen molar-refractivity contribution in [3.8, 4) is 0 Å². The summed E-state index contributed by atoms with van der Waals surface area (Å²) in [5.41, 5.74) is 0.415. The second kappa shape index (κ2) is 6.38. The molecule has 0 aliphatic carbocycles. The Morgan fingerprint density at radius 1 is 1.35 bits per heavy atom. The van der Waals surface area contributed by atoms with Crippen molar-refractivity contribution in [3.63, 3.8) is 0 Å². The highest BCUT2D eigenvalue weighted by Crippen LogP contribution is 2.27. The fourth-order valence-electron chi connectivity index (χ4n) is 1.38. The highest BCUT2D eigenvalue weighted by Gasteiger charge is 2.16. The van der Waals surface area contributed by atoms with E-state index in [1.54, 1.807) is 30.3 Å². The number of thiophene rings is 1. The summed E-state index contributed by atoms with van der Waals surface area (Å²) < 4.78 is 27.7. The van der Waals surface area contributed by atoms with E-state index in [9.17, 15) is 8.42 Å². The van der Waals surface area contributed by atoms with Crippen LogP contribution in [0.3, 0.4) is 0 Å². The molecule has 2 aromatic heterocycles. The molecule has 0 radical (unpaired) electrons. The predicted molar refractivity (Wildman–Crippen MR) is 85.8 cm³/mol. The highest BCUT2D eigenvalue weighted by atomic mass is 79.9. The molecule has 0 saturated carbocycles. The summed E-state index contributed by atoms with van der Waals surface area (Å²) in [5, 5.41) is 3.01. The molecule has 2 aromatic rings. The Kier molecular flexibility index (Phi) is 4.79. The van der Waals surface area contributed by atoms with Crippen molar-refractivity contribution < 1.29 is 8.42 Å². The third kappa shape index (κ3) is 3.81. The Morgan fingerprint density at radius 2 is 2.15 bits per heavy atom. The average molecular weight is 374 g/mol. The fraction of sp³-hybridized carbons (Fsp3) is 0.0833. The third-order valence-electron chi connectivity index (χ3n) is 2.26. The monoisotopic (exact) mass is 373 g/mol. The quantitative estimate of drug-likeness (QED) is 0.762. The van der Waals surface area contributed by atoms with Crippen LogP contribution in [0.25, 0.3) is 0 Å². The number of rotatable bonds is 6. The Balaban J connectivity index is 2.11. The van der Waals surface area contributed by atoms with Crippen LogP contribution in [-0.2, 0) is 10.0 Å². The van der Waals surface area contributed by atoms with E-state index >= 15 is 0 Å². The van der Waals surface area contributed by atoms with Crippen LogP contribution < -0.4 is 10.0 Å². The summed E-state index contributed by atoms with van der Waals surface area (Å²) in [6.07, 6.45) is 3.18. The number of halogens is 1. The Hall–Kier alpha value is -1.38. The zero-order chi connectivity index (χ0) is 14.6. The summed E-state index contributed by atoms with van der Waals surface area (Å²) in [4.78, 5) is 4.11. The minimum Gasteiger partial charge on any atom is -0.367 e. The van der Waals surface area contributed by atoms with Gasteiger partial charge in [0.25, 0.3) is 10.0 Å². The van der Waals surface area contributed by atoms with Crippen LogP contribution in [0.4, 0.5) is 11.5 Å². The molecule has 2 N–H and O–H groups in total. The van der Waals surface area contributed by atoms with Gasteiger partial charge in [-0.2, -0.15) is 0 Å². The smallest absolute Gasteiger partial charge is 0.271 e. The number of nitrogens with zero attached hydrogens (tertiary/aromatic N) is 1. The minimum absolute atomic E-state index is 0.248. The standard InChI is InChI=1S/C12H12BrN3O2S2/c1-2-7-14-11-5-3-9(8-15-11)16-20(17,18)12-6-4-10(13)19-12/h2-6,8,16H,1,7H2,(H,14,15). The van der Waals surface area contributed by atoms with E-state index in [1.807, 2.05) is 0 Å². The van der Waals surface area contributed by atoms with E-state index in [0.717, 1.165) is 15.1 Å². The molecule has 5 nitrogen and oxygen atoms in total. The number of hydrogen-bond acceptors (Lipinski definition) is 5. The zero-order valence-electron chi connectivity index (χ0n) is 10.3. The first kappa shape index (κ1) is 15.0. The minimum atomic E-state index is -3.56. The van der Waals surface area contributed by atoms with Crippen LogP contribution in [0, 0.1) is 0 Å². The van der Waals surface area contributed by atoms with E-state index in [4.69, 9.17) is 0 Å². The second-order valence-electron chi connectivity index (χ2n) is 3.77. The maximum atomic E-state index is 12.1. The van der Waals surface area contributed by atoms with Gasteiger partial charge in [0.05, 0.1) is 15.7 Å². The van der Waals surface area contributed by atoms with Crippen molar-refractivity contribution in [2.75, 3.05) is 16.6 Å². The second-order valence-corrected chi connectivity index (χ2v) is 8.14. The summed E-state index contributed by atoms with van der Waals surface area (Å²) in [6, 6.07) is 6.59. The lowest BCUT2D eigenvalue weighted by molar-refractivity contribution is 0.603. The van der Waals surface area contributed by atoms with Crippen molar-refractivity contribution in [1.82, 2.24) is 4.98 Å². The number of nitrogens with one attached hydrogen (secondary N) is 2. The molecule has 0 bridgehead atoms. The van der Waals surface area contributed by atoms with Gasteiger partial charge in [-0.15, -0.1) is 17.9 Å². The average Bonchev–Trinajstić information content (AvgIpc) is 2.85. The molecule has 0 amide bonds. The molecule has 0 fully saturated rings. The van der Waals surface area contributed by atoms with Gasteiger partial charge in [-0.3, -0.25) is 4.72 Å².